The molecule has 1 aliphatic heterocycles. The van der Waals surface area contributed by atoms with E-state index in [4.69, 9.17) is 28.9 Å². The molecule has 0 unspecified atom stereocenters. The van der Waals surface area contributed by atoms with E-state index < -0.39 is 28.8 Å². The first-order valence-electron chi connectivity index (χ1n) is 21.6. The molecule has 3 aromatic rings. The molecule has 2 N–H and O–H groups in total. The van der Waals surface area contributed by atoms with E-state index >= 15 is 0 Å². The number of hydrogen-bond acceptors (Lipinski definition) is 12. The molecule has 6 atom stereocenters. The summed E-state index contributed by atoms with van der Waals surface area (Å²) < 4.78 is 26.4. The van der Waals surface area contributed by atoms with Gasteiger partial charge in [-0.1, -0.05) is 43.1 Å². The van der Waals surface area contributed by atoms with Gasteiger partial charge in [-0.25, -0.2) is 4.79 Å². The SMILES string of the molecule is C=CCO[C@@]12Oc3ccc(OCc4cccc(C)n4)cc3[C@H]3[C@H](CCCCO)[C@@H](CCCCO)C=C(C(=NOCc4ccc([N+](=O)[O-])cc4)C[C@@H]1N(CCC)C(=O)OCC)[C@H]32. The highest BCUT2D eigenvalue weighted by atomic mass is 16.7. The molecule has 61 heavy (non-hydrogen) atoms. The number of unbranched alkanes of at least 4 members (excludes halogenated alkanes) is 2. The van der Waals surface area contributed by atoms with Gasteiger partial charge in [0.1, 0.15) is 30.8 Å². The number of carbonyl (C=O) groups excluding carboxylic acids is 1. The Labute approximate surface area is 358 Å². The van der Waals surface area contributed by atoms with Gasteiger partial charge in [-0.2, -0.15) is 0 Å². The number of fused-ring (bicyclic) bond motifs is 2. The standard InChI is InChI=1S/C47H60N4O10/c1-5-23-50(46(54)57-7-3)43-29-41(49-60-30-33-17-19-36(20-18-33)51(55)56)39-27-34(14-8-10-24-52)38(16-9-11-25-53)44-40-28-37(58-31-35-15-12-13-32(4)48-35)21-22-42(40)61-47(43,45(39)44)59-26-6-2/h6,12-13,15,17-22,27-28,34,38,43-45,52-53H,2,5,7-11,14,16,23-26,29-31H2,1,3-4H3/t34-,38+,43-,44+,45+,47+/m0/s1. The van der Waals surface area contributed by atoms with Gasteiger partial charge in [0, 0.05) is 55.5 Å². The third kappa shape index (κ3) is 10.4. The third-order valence-corrected chi connectivity index (χ3v) is 11.9. The van der Waals surface area contributed by atoms with Gasteiger partial charge in [0.2, 0.25) is 5.79 Å². The molecule has 1 fully saturated rings. The van der Waals surface area contributed by atoms with Crippen LogP contribution in [-0.4, -0.2) is 81.6 Å². The molecule has 328 valence electrons. The van der Waals surface area contributed by atoms with Gasteiger partial charge in [0.15, 0.2) is 0 Å². The first-order valence-corrected chi connectivity index (χ1v) is 21.6. The van der Waals surface area contributed by atoms with Gasteiger partial charge in [-0.05, 0) is 111 Å². The maximum atomic E-state index is 14.1. The van der Waals surface area contributed by atoms with E-state index in [0.717, 1.165) is 48.2 Å². The lowest BCUT2D eigenvalue weighted by Crippen LogP contribution is -2.70. The number of oxime groups is 1. The highest BCUT2D eigenvalue weighted by molar-refractivity contribution is 6.03. The van der Waals surface area contributed by atoms with Gasteiger partial charge in [-0.3, -0.25) is 20.0 Å². The lowest BCUT2D eigenvalue weighted by molar-refractivity contribution is -0.384. The van der Waals surface area contributed by atoms with Crippen molar-refractivity contribution in [3.05, 3.63) is 118 Å². The van der Waals surface area contributed by atoms with Gasteiger partial charge < -0.3 is 34.0 Å². The molecular formula is C47H60N4O10. The van der Waals surface area contributed by atoms with Crippen LogP contribution in [-0.2, 0) is 27.5 Å². The Balaban J connectivity index is 1.54. The minimum atomic E-state index is -1.42. The third-order valence-electron chi connectivity index (χ3n) is 11.9. The number of hydrogen-bond donors (Lipinski definition) is 2. The van der Waals surface area contributed by atoms with Crippen LogP contribution < -0.4 is 9.47 Å². The van der Waals surface area contributed by atoms with E-state index in [1.165, 1.54) is 12.1 Å². The van der Waals surface area contributed by atoms with Crippen LogP contribution in [0.15, 0.2) is 90.1 Å². The highest BCUT2D eigenvalue weighted by Gasteiger charge is 2.65. The molecule has 0 bridgehead atoms. The first-order chi connectivity index (χ1) is 29.7. The number of aliphatic hydroxyl groups excluding tert-OH is 2. The number of aromatic nitrogens is 1. The number of carbonyl (C=O) groups is 1. The van der Waals surface area contributed by atoms with E-state index in [2.05, 4.69) is 23.7 Å². The van der Waals surface area contributed by atoms with Crippen molar-refractivity contribution in [3.8, 4) is 11.5 Å². The first kappa shape index (κ1) is 45.2. The van der Waals surface area contributed by atoms with Crippen molar-refractivity contribution < 1.29 is 43.7 Å². The zero-order valence-electron chi connectivity index (χ0n) is 35.6. The molecular weight excluding hydrogens is 781 g/mol. The lowest BCUT2D eigenvalue weighted by atomic mass is 9.55. The summed E-state index contributed by atoms with van der Waals surface area (Å²) in [5.74, 6) is -0.815. The fraction of sp³-hybridized carbons (Fsp3) is 0.511. The van der Waals surface area contributed by atoms with E-state index in [9.17, 15) is 25.1 Å². The predicted octanol–water partition coefficient (Wildman–Crippen LogP) is 8.58. The van der Waals surface area contributed by atoms with Crippen LogP contribution in [0.25, 0.3) is 0 Å². The highest BCUT2D eigenvalue weighted by Crippen LogP contribution is 2.62. The summed E-state index contributed by atoms with van der Waals surface area (Å²) in [6.45, 7) is 10.9. The maximum Gasteiger partial charge on any atom is 0.410 e. The Kier molecular flexibility index (Phi) is 15.9. The van der Waals surface area contributed by atoms with Crippen LogP contribution in [0.3, 0.4) is 0 Å². The Morgan fingerprint density at radius 1 is 1.07 bits per heavy atom. The number of aryl methyl sites for hydroxylation is 1. The van der Waals surface area contributed by atoms with Crippen molar-refractivity contribution in [3.63, 3.8) is 0 Å². The van der Waals surface area contributed by atoms with Gasteiger partial charge in [-0.15, -0.1) is 6.58 Å². The van der Waals surface area contributed by atoms with Crippen molar-refractivity contribution in [2.45, 2.75) is 103 Å². The molecule has 2 heterocycles. The van der Waals surface area contributed by atoms with E-state index in [-0.39, 0.29) is 69.5 Å². The summed E-state index contributed by atoms with van der Waals surface area (Å²) in [5.41, 5.74) is 4.85. The molecule has 1 saturated carbocycles. The van der Waals surface area contributed by atoms with Crippen molar-refractivity contribution in [2.24, 2.45) is 22.9 Å². The topological polar surface area (TPSA) is 175 Å². The maximum absolute atomic E-state index is 14.1. The Morgan fingerprint density at radius 3 is 2.52 bits per heavy atom. The predicted molar refractivity (Wildman–Crippen MR) is 230 cm³/mol. The normalized spacial score (nSPS) is 23.2. The summed E-state index contributed by atoms with van der Waals surface area (Å²) in [7, 11) is 0. The van der Waals surface area contributed by atoms with E-state index in [0.29, 0.717) is 48.6 Å². The van der Waals surface area contributed by atoms with Crippen molar-refractivity contribution in [2.75, 3.05) is 33.0 Å². The van der Waals surface area contributed by atoms with Gasteiger partial charge >= 0.3 is 6.09 Å². The van der Waals surface area contributed by atoms with Crippen LogP contribution in [0.1, 0.15) is 93.6 Å². The average Bonchev–Trinajstić information content (AvgIpc) is 3.26. The second kappa shape index (κ2) is 21.5. The minimum Gasteiger partial charge on any atom is -0.487 e. The molecule has 3 aliphatic rings. The summed E-state index contributed by atoms with van der Waals surface area (Å²) in [6.07, 6.45) is 8.78. The van der Waals surface area contributed by atoms with E-state index in [1.54, 1.807) is 30.0 Å². The summed E-state index contributed by atoms with van der Waals surface area (Å²) in [5, 5.41) is 36.0. The molecule has 14 heteroatoms. The minimum absolute atomic E-state index is 0.0202. The summed E-state index contributed by atoms with van der Waals surface area (Å²) in [4.78, 5) is 37.4. The number of non-ortho nitro benzene ring substituents is 1. The van der Waals surface area contributed by atoms with Crippen molar-refractivity contribution >= 4 is 17.5 Å². The molecule has 0 saturated heterocycles. The molecule has 1 aromatic heterocycles. The summed E-state index contributed by atoms with van der Waals surface area (Å²) >= 11 is 0. The van der Waals surface area contributed by atoms with Crippen molar-refractivity contribution in [1.29, 1.82) is 0 Å². The second-order valence-electron chi connectivity index (χ2n) is 15.9. The molecule has 14 nitrogen and oxygen atoms in total. The molecule has 6 rings (SSSR count). The molecule has 1 amide bonds. The van der Waals surface area contributed by atoms with Crippen LogP contribution in [0.5, 0.6) is 11.5 Å². The molecule has 2 aromatic carbocycles. The summed E-state index contributed by atoms with van der Waals surface area (Å²) in [6, 6.07) is 17.1. The average molecular weight is 841 g/mol. The Morgan fingerprint density at radius 2 is 1.84 bits per heavy atom. The number of aliphatic hydroxyl groups is 2. The fourth-order valence-electron chi connectivity index (χ4n) is 9.30. The number of pyridine rings is 1. The molecule has 0 spiro atoms. The lowest BCUT2D eigenvalue weighted by Gasteiger charge is -2.59. The zero-order valence-corrected chi connectivity index (χ0v) is 35.6. The Hall–Kier alpha value is -5.31. The Bertz CT molecular complexity index is 2020. The molecule has 2 aliphatic carbocycles. The number of rotatable bonds is 22. The quantitative estimate of drug-likeness (QED) is 0.0429. The van der Waals surface area contributed by atoms with Crippen LogP contribution >= 0.6 is 0 Å². The number of nitro benzene ring substituents is 1. The van der Waals surface area contributed by atoms with Crippen LogP contribution in [0.4, 0.5) is 10.5 Å². The van der Waals surface area contributed by atoms with Crippen molar-refractivity contribution in [1.82, 2.24) is 9.88 Å². The van der Waals surface area contributed by atoms with Crippen LogP contribution in [0, 0.1) is 34.8 Å². The zero-order chi connectivity index (χ0) is 43.4. The monoisotopic (exact) mass is 840 g/mol. The number of nitro groups is 1. The van der Waals surface area contributed by atoms with Gasteiger partial charge in [0.05, 0.1) is 35.5 Å². The van der Waals surface area contributed by atoms with Gasteiger partial charge in [0.25, 0.3) is 5.69 Å². The van der Waals surface area contributed by atoms with E-state index in [1.807, 2.05) is 44.2 Å². The number of nitrogens with zero attached hydrogens (tertiary/aromatic N) is 4. The molecule has 0 radical (unpaired) electrons. The second-order valence-corrected chi connectivity index (χ2v) is 15.9. The smallest absolute Gasteiger partial charge is 0.410 e. The number of ether oxygens (including phenoxy) is 4. The number of benzene rings is 2. The fourth-order valence-corrected chi connectivity index (χ4v) is 9.30. The largest absolute Gasteiger partial charge is 0.487 e. The van der Waals surface area contributed by atoms with Crippen LogP contribution in [0.2, 0.25) is 0 Å². The number of amides is 1. The number of allylic oxidation sites excluding steroid dienone is 1.